The highest BCUT2D eigenvalue weighted by Gasteiger charge is 2.26. The fraction of sp³-hybridized carbons (Fsp3) is 0.667. The van der Waals surface area contributed by atoms with Crippen molar-refractivity contribution < 1.29 is 23.1 Å². The second kappa shape index (κ2) is 6.54. The van der Waals surface area contributed by atoms with E-state index >= 15 is 0 Å². The zero-order chi connectivity index (χ0) is 15.5. The van der Waals surface area contributed by atoms with Gasteiger partial charge in [0.1, 0.15) is 11.4 Å². The minimum absolute atomic E-state index is 0.00276. The van der Waals surface area contributed by atoms with Crippen molar-refractivity contribution in [2.45, 2.75) is 24.3 Å². The topological polar surface area (TPSA) is 102 Å². The first-order chi connectivity index (χ1) is 9.89. The standard InChI is InChI=1S/C12H19N3O5S/c1-14(6-10-3-2-4-20-9-10)21(18,19)11-5-13-15(7-11)8-12(16)17/h5,7,10H,2-4,6,8-9H2,1H3,(H,16,17). The molecule has 8 nitrogen and oxygen atoms in total. The zero-order valence-electron chi connectivity index (χ0n) is 11.8. The zero-order valence-corrected chi connectivity index (χ0v) is 12.6. The highest BCUT2D eigenvalue weighted by Crippen LogP contribution is 2.19. The molecule has 21 heavy (non-hydrogen) atoms. The molecule has 0 saturated carbocycles. The summed E-state index contributed by atoms with van der Waals surface area (Å²) >= 11 is 0. The molecule has 1 aromatic rings. The fourth-order valence-corrected chi connectivity index (χ4v) is 3.50. The van der Waals surface area contributed by atoms with E-state index in [1.807, 2.05) is 0 Å². The third-order valence-corrected chi connectivity index (χ3v) is 5.16. The van der Waals surface area contributed by atoms with Crippen molar-refractivity contribution in [2.75, 3.05) is 26.8 Å². The lowest BCUT2D eigenvalue weighted by molar-refractivity contribution is -0.137. The SMILES string of the molecule is CN(CC1CCCOC1)S(=O)(=O)c1cnn(CC(=O)O)c1. The van der Waals surface area contributed by atoms with Crippen molar-refractivity contribution in [3.8, 4) is 0 Å². The molecule has 9 heteroatoms. The van der Waals surface area contributed by atoms with Crippen molar-refractivity contribution in [3.63, 3.8) is 0 Å². The number of ether oxygens (including phenoxy) is 1. The molecule has 1 aliphatic rings. The molecule has 1 N–H and O–H groups in total. The number of aliphatic carboxylic acids is 1. The molecule has 1 aliphatic heterocycles. The molecule has 118 valence electrons. The maximum atomic E-state index is 12.4. The van der Waals surface area contributed by atoms with Gasteiger partial charge in [0.2, 0.25) is 10.0 Å². The van der Waals surface area contributed by atoms with Crippen molar-refractivity contribution in [3.05, 3.63) is 12.4 Å². The molecule has 1 aromatic heterocycles. The lowest BCUT2D eigenvalue weighted by Gasteiger charge is -2.26. The van der Waals surface area contributed by atoms with Gasteiger partial charge in [-0.05, 0) is 18.8 Å². The van der Waals surface area contributed by atoms with Gasteiger partial charge in [-0.1, -0.05) is 0 Å². The average Bonchev–Trinajstić information content (AvgIpc) is 2.88. The molecule has 1 fully saturated rings. The van der Waals surface area contributed by atoms with Crippen LogP contribution in [0.15, 0.2) is 17.3 Å². The summed E-state index contributed by atoms with van der Waals surface area (Å²) in [6, 6.07) is 0. The Labute approximate surface area is 123 Å². The first-order valence-electron chi connectivity index (χ1n) is 6.68. The normalized spacial score (nSPS) is 19.8. The van der Waals surface area contributed by atoms with E-state index in [4.69, 9.17) is 9.84 Å². The third kappa shape index (κ3) is 4.02. The molecule has 2 heterocycles. The monoisotopic (exact) mass is 317 g/mol. The van der Waals surface area contributed by atoms with E-state index in [9.17, 15) is 13.2 Å². The molecule has 1 unspecified atom stereocenters. The molecule has 0 aliphatic carbocycles. The molecule has 2 rings (SSSR count). The Morgan fingerprint density at radius 2 is 2.38 bits per heavy atom. The lowest BCUT2D eigenvalue weighted by atomic mass is 10.0. The van der Waals surface area contributed by atoms with Crippen molar-refractivity contribution in [2.24, 2.45) is 5.92 Å². The van der Waals surface area contributed by atoms with Gasteiger partial charge < -0.3 is 9.84 Å². The second-order valence-corrected chi connectivity index (χ2v) is 7.18. The molecule has 0 radical (unpaired) electrons. The van der Waals surface area contributed by atoms with Crippen LogP contribution in [0.25, 0.3) is 0 Å². The minimum atomic E-state index is -3.65. The quantitative estimate of drug-likeness (QED) is 0.793. The van der Waals surface area contributed by atoms with Crippen LogP contribution in [0.1, 0.15) is 12.8 Å². The van der Waals surface area contributed by atoms with E-state index in [2.05, 4.69) is 5.10 Å². The number of carboxylic acids is 1. The summed E-state index contributed by atoms with van der Waals surface area (Å²) in [7, 11) is -2.14. The number of hydrogen-bond donors (Lipinski definition) is 1. The highest BCUT2D eigenvalue weighted by atomic mass is 32.2. The van der Waals surface area contributed by atoms with Gasteiger partial charge in [0.05, 0.1) is 12.8 Å². The Morgan fingerprint density at radius 3 is 3.00 bits per heavy atom. The number of carboxylic acid groups (broad SMARTS) is 1. The summed E-state index contributed by atoms with van der Waals surface area (Å²) in [5.74, 6) is -0.887. The van der Waals surface area contributed by atoms with E-state index in [1.54, 1.807) is 0 Å². The number of rotatable bonds is 6. The van der Waals surface area contributed by atoms with Crippen molar-refractivity contribution >= 4 is 16.0 Å². The number of nitrogens with zero attached hydrogens (tertiary/aromatic N) is 3. The summed E-state index contributed by atoms with van der Waals surface area (Å²) in [6.45, 7) is 1.31. The molecular formula is C12H19N3O5S. The maximum Gasteiger partial charge on any atom is 0.325 e. The molecule has 0 bridgehead atoms. The molecule has 1 atom stereocenters. The first-order valence-corrected chi connectivity index (χ1v) is 8.12. The van der Waals surface area contributed by atoms with Crippen LogP contribution in [0, 0.1) is 5.92 Å². The lowest BCUT2D eigenvalue weighted by Crippen LogP contribution is -2.35. The van der Waals surface area contributed by atoms with Crippen LogP contribution in [0.5, 0.6) is 0 Å². The Bertz CT molecular complexity index is 592. The summed E-state index contributed by atoms with van der Waals surface area (Å²) in [5, 5.41) is 12.4. The summed E-state index contributed by atoms with van der Waals surface area (Å²) in [6.07, 6.45) is 4.29. The Hall–Kier alpha value is -1.45. The first kappa shape index (κ1) is 15.9. The smallest absolute Gasteiger partial charge is 0.325 e. The van der Waals surface area contributed by atoms with Crippen molar-refractivity contribution in [1.29, 1.82) is 0 Å². The van der Waals surface area contributed by atoms with E-state index < -0.39 is 16.0 Å². The second-order valence-electron chi connectivity index (χ2n) is 5.14. The average molecular weight is 317 g/mol. The summed E-state index contributed by atoms with van der Waals surface area (Å²) in [5.41, 5.74) is 0. The van der Waals surface area contributed by atoms with Gasteiger partial charge in [0, 0.05) is 26.4 Å². The van der Waals surface area contributed by atoms with E-state index in [0.29, 0.717) is 13.2 Å². The van der Waals surface area contributed by atoms with Crippen LogP contribution in [0.3, 0.4) is 0 Å². The number of aromatic nitrogens is 2. The summed E-state index contributed by atoms with van der Waals surface area (Å²) in [4.78, 5) is 10.6. The maximum absolute atomic E-state index is 12.4. The number of hydrogen-bond acceptors (Lipinski definition) is 5. The van der Waals surface area contributed by atoms with E-state index in [1.165, 1.54) is 23.7 Å². The Morgan fingerprint density at radius 1 is 1.62 bits per heavy atom. The third-order valence-electron chi connectivity index (χ3n) is 3.38. The predicted octanol–water partition coefficient (Wildman–Crippen LogP) is 0.0148. The van der Waals surface area contributed by atoms with E-state index in [0.717, 1.165) is 24.1 Å². The minimum Gasteiger partial charge on any atom is -0.480 e. The van der Waals surface area contributed by atoms with Crippen LogP contribution in [0.2, 0.25) is 0 Å². The van der Waals surface area contributed by atoms with Gasteiger partial charge in [0.25, 0.3) is 0 Å². The van der Waals surface area contributed by atoms with Crippen LogP contribution < -0.4 is 0 Å². The van der Waals surface area contributed by atoms with Crippen LogP contribution in [-0.4, -0.2) is 60.4 Å². The van der Waals surface area contributed by atoms with Gasteiger partial charge in [-0.25, -0.2) is 12.7 Å². The highest BCUT2D eigenvalue weighted by molar-refractivity contribution is 7.89. The van der Waals surface area contributed by atoms with Crippen LogP contribution in [-0.2, 0) is 26.1 Å². The van der Waals surface area contributed by atoms with Gasteiger partial charge in [-0.2, -0.15) is 5.10 Å². The van der Waals surface area contributed by atoms with Gasteiger partial charge in [0.15, 0.2) is 0 Å². The van der Waals surface area contributed by atoms with Gasteiger partial charge >= 0.3 is 5.97 Å². The van der Waals surface area contributed by atoms with Gasteiger partial charge in [-0.15, -0.1) is 0 Å². The molecule has 1 saturated heterocycles. The largest absolute Gasteiger partial charge is 0.480 e. The molecule has 0 aromatic carbocycles. The Balaban J connectivity index is 2.05. The fourth-order valence-electron chi connectivity index (χ4n) is 2.30. The Kier molecular flexibility index (Phi) is 4.96. The van der Waals surface area contributed by atoms with E-state index in [-0.39, 0.29) is 17.4 Å². The van der Waals surface area contributed by atoms with Crippen molar-refractivity contribution in [1.82, 2.24) is 14.1 Å². The number of carbonyl (C=O) groups is 1. The predicted molar refractivity (Wildman–Crippen MR) is 73.2 cm³/mol. The molecule has 0 spiro atoms. The molecular weight excluding hydrogens is 298 g/mol. The summed E-state index contributed by atoms with van der Waals surface area (Å²) < 4.78 is 32.5. The molecule has 0 amide bonds. The van der Waals surface area contributed by atoms with Crippen LogP contribution in [0.4, 0.5) is 0 Å². The van der Waals surface area contributed by atoms with Gasteiger partial charge in [-0.3, -0.25) is 9.48 Å². The van der Waals surface area contributed by atoms with Crippen LogP contribution >= 0.6 is 0 Å². The number of sulfonamides is 1.